The first-order chi connectivity index (χ1) is 8.77. The van der Waals surface area contributed by atoms with E-state index in [1.165, 1.54) is 0 Å². The Morgan fingerprint density at radius 1 is 1.06 bits per heavy atom. The molecule has 0 fully saturated rings. The number of aromatic nitrogens is 2. The van der Waals surface area contributed by atoms with Crippen molar-refractivity contribution >= 4 is 11.5 Å². The van der Waals surface area contributed by atoms with E-state index >= 15 is 0 Å². The van der Waals surface area contributed by atoms with E-state index in [-0.39, 0.29) is 5.69 Å². The molecule has 88 valence electrons. The van der Waals surface area contributed by atoms with Crippen LogP contribution in [0.3, 0.4) is 0 Å². The van der Waals surface area contributed by atoms with E-state index in [1.807, 2.05) is 36.4 Å². The monoisotopic (exact) mass is 238 g/mol. The number of carbonyl (C=O) groups is 1. The maximum absolute atomic E-state index is 11.2. The summed E-state index contributed by atoms with van der Waals surface area (Å²) >= 11 is 0. The predicted octanol–water partition coefficient (Wildman–Crippen LogP) is 2.70. The topological polar surface area (TPSA) is 54.6 Å². The van der Waals surface area contributed by atoms with Gasteiger partial charge in [-0.25, -0.2) is 9.78 Å². The summed E-state index contributed by atoms with van der Waals surface area (Å²) in [5, 5.41) is 9.22. The molecule has 0 saturated heterocycles. The minimum absolute atomic E-state index is 0.212. The number of aromatic carboxylic acids is 1. The SMILES string of the molecule is O=C(O)c1cccc2cnc(-c3ccccc3)n12. The number of benzene rings is 1. The summed E-state index contributed by atoms with van der Waals surface area (Å²) in [6.45, 7) is 0. The first-order valence-corrected chi connectivity index (χ1v) is 5.52. The molecule has 2 aromatic heterocycles. The zero-order chi connectivity index (χ0) is 12.5. The van der Waals surface area contributed by atoms with Gasteiger partial charge in [0.25, 0.3) is 0 Å². The van der Waals surface area contributed by atoms with E-state index in [2.05, 4.69) is 4.98 Å². The number of pyridine rings is 1. The number of carboxylic acids is 1. The third-order valence-corrected chi connectivity index (χ3v) is 2.80. The van der Waals surface area contributed by atoms with Crippen LogP contribution in [0.5, 0.6) is 0 Å². The Labute approximate surface area is 103 Å². The average molecular weight is 238 g/mol. The summed E-state index contributed by atoms with van der Waals surface area (Å²) < 4.78 is 1.65. The molecule has 0 aliphatic heterocycles. The van der Waals surface area contributed by atoms with Gasteiger partial charge in [-0.1, -0.05) is 36.4 Å². The lowest BCUT2D eigenvalue weighted by atomic mass is 10.2. The summed E-state index contributed by atoms with van der Waals surface area (Å²) in [5.74, 6) is -0.320. The van der Waals surface area contributed by atoms with Gasteiger partial charge in [0, 0.05) is 5.56 Å². The predicted molar refractivity (Wildman–Crippen MR) is 67.6 cm³/mol. The molecule has 0 aliphatic carbocycles. The molecule has 0 bridgehead atoms. The van der Waals surface area contributed by atoms with Crippen LogP contribution in [-0.4, -0.2) is 20.5 Å². The van der Waals surface area contributed by atoms with Crippen LogP contribution in [0.2, 0.25) is 0 Å². The van der Waals surface area contributed by atoms with Gasteiger partial charge in [0.05, 0.1) is 11.7 Å². The highest BCUT2D eigenvalue weighted by molar-refractivity contribution is 5.87. The molecule has 2 heterocycles. The van der Waals surface area contributed by atoms with Gasteiger partial charge in [-0.15, -0.1) is 0 Å². The van der Waals surface area contributed by atoms with Crippen LogP contribution in [-0.2, 0) is 0 Å². The lowest BCUT2D eigenvalue weighted by Crippen LogP contribution is -2.05. The van der Waals surface area contributed by atoms with Crippen LogP contribution in [0.25, 0.3) is 16.9 Å². The van der Waals surface area contributed by atoms with Crippen LogP contribution in [0.4, 0.5) is 0 Å². The smallest absolute Gasteiger partial charge is 0.352 e. The van der Waals surface area contributed by atoms with Gasteiger partial charge < -0.3 is 5.11 Å². The quantitative estimate of drug-likeness (QED) is 0.746. The van der Waals surface area contributed by atoms with Crippen molar-refractivity contribution in [1.82, 2.24) is 9.38 Å². The fraction of sp³-hybridized carbons (Fsp3) is 0. The number of nitrogens with zero attached hydrogens (tertiary/aromatic N) is 2. The van der Waals surface area contributed by atoms with Crippen molar-refractivity contribution < 1.29 is 9.90 Å². The Hall–Kier alpha value is -2.62. The van der Waals surface area contributed by atoms with Gasteiger partial charge in [-0.05, 0) is 12.1 Å². The van der Waals surface area contributed by atoms with E-state index < -0.39 is 5.97 Å². The molecule has 0 radical (unpaired) electrons. The molecule has 0 atom stereocenters. The highest BCUT2D eigenvalue weighted by atomic mass is 16.4. The van der Waals surface area contributed by atoms with Gasteiger partial charge in [0.2, 0.25) is 0 Å². The molecule has 3 aromatic rings. The lowest BCUT2D eigenvalue weighted by molar-refractivity contribution is 0.0689. The zero-order valence-corrected chi connectivity index (χ0v) is 9.45. The molecule has 4 nitrogen and oxygen atoms in total. The molecule has 0 spiro atoms. The first-order valence-electron chi connectivity index (χ1n) is 5.52. The van der Waals surface area contributed by atoms with Gasteiger partial charge in [0.15, 0.2) is 0 Å². The fourth-order valence-electron chi connectivity index (χ4n) is 2.01. The Bertz CT molecular complexity index is 717. The van der Waals surface area contributed by atoms with Crippen LogP contribution < -0.4 is 0 Å². The maximum Gasteiger partial charge on any atom is 0.352 e. The number of hydrogen-bond acceptors (Lipinski definition) is 2. The van der Waals surface area contributed by atoms with E-state index in [9.17, 15) is 9.90 Å². The second-order valence-electron chi connectivity index (χ2n) is 3.92. The van der Waals surface area contributed by atoms with Crippen molar-refractivity contribution in [3.63, 3.8) is 0 Å². The molecular weight excluding hydrogens is 228 g/mol. The Kier molecular flexibility index (Phi) is 2.34. The highest BCUT2D eigenvalue weighted by Gasteiger charge is 2.13. The second kappa shape index (κ2) is 4.00. The molecule has 1 aromatic carbocycles. The molecule has 1 N–H and O–H groups in total. The van der Waals surface area contributed by atoms with Crippen LogP contribution in [0.1, 0.15) is 10.5 Å². The normalized spacial score (nSPS) is 10.7. The molecule has 3 rings (SSSR count). The van der Waals surface area contributed by atoms with Crippen LogP contribution >= 0.6 is 0 Å². The zero-order valence-electron chi connectivity index (χ0n) is 9.45. The van der Waals surface area contributed by atoms with Crippen molar-refractivity contribution in [2.24, 2.45) is 0 Å². The molecular formula is C14H10N2O2. The summed E-state index contributed by atoms with van der Waals surface area (Å²) in [4.78, 5) is 15.6. The van der Waals surface area contributed by atoms with E-state index in [0.717, 1.165) is 11.1 Å². The van der Waals surface area contributed by atoms with E-state index in [4.69, 9.17) is 0 Å². The third kappa shape index (κ3) is 1.55. The average Bonchev–Trinajstić information content (AvgIpc) is 2.83. The summed E-state index contributed by atoms with van der Waals surface area (Å²) in [6.07, 6.45) is 1.68. The Morgan fingerprint density at radius 3 is 2.56 bits per heavy atom. The number of fused-ring (bicyclic) bond motifs is 1. The largest absolute Gasteiger partial charge is 0.477 e. The molecule has 0 saturated carbocycles. The Morgan fingerprint density at radius 2 is 1.83 bits per heavy atom. The van der Waals surface area contributed by atoms with Gasteiger partial charge in [-0.3, -0.25) is 4.40 Å². The third-order valence-electron chi connectivity index (χ3n) is 2.80. The molecule has 0 unspecified atom stereocenters. The van der Waals surface area contributed by atoms with Gasteiger partial charge in [0.1, 0.15) is 11.5 Å². The van der Waals surface area contributed by atoms with E-state index in [1.54, 1.807) is 22.7 Å². The van der Waals surface area contributed by atoms with Crippen molar-refractivity contribution in [2.45, 2.75) is 0 Å². The highest BCUT2D eigenvalue weighted by Crippen LogP contribution is 2.21. The molecule has 4 heteroatoms. The number of imidazole rings is 1. The molecule has 18 heavy (non-hydrogen) atoms. The first kappa shape index (κ1) is 10.5. The van der Waals surface area contributed by atoms with Crippen molar-refractivity contribution in [2.75, 3.05) is 0 Å². The maximum atomic E-state index is 11.2. The number of rotatable bonds is 2. The van der Waals surface area contributed by atoms with Crippen molar-refractivity contribution in [3.8, 4) is 11.4 Å². The van der Waals surface area contributed by atoms with Crippen LogP contribution in [0, 0.1) is 0 Å². The van der Waals surface area contributed by atoms with Gasteiger partial charge >= 0.3 is 5.97 Å². The standard InChI is InChI=1S/C14H10N2O2/c17-14(18)12-8-4-7-11-9-15-13(16(11)12)10-5-2-1-3-6-10/h1-9H,(H,17,18). The summed E-state index contributed by atoms with van der Waals surface area (Å²) in [5.41, 5.74) is 1.88. The molecule has 0 aliphatic rings. The van der Waals surface area contributed by atoms with Crippen molar-refractivity contribution in [1.29, 1.82) is 0 Å². The summed E-state index contributed by atoms with van der Waals surface area (Å²) in [7, 11) is 0. The number of hydrogen-bond donors (Lipinski definition) is 1. The van der Waals surface area contributed by atoms with Crippen LogP contribution in [0.15, 0.2) is 54.7 Å². The summed E-state index contributed by atoms with van der Waals surface area (Å²) in [6, 6.07) is 14.7. The second-order valence-corrected chi connectivity index (χ2v) is 3.92. The number of carboxylic acid groups (broad SMARTS) is 1. The minimum atomic E-state index is -0.962. The molecule has 0 amide bonds. The van der Waals surface area contributed by atoms with Gasteiger partial charge in [-0.2, -0.15) is 0 Å². The van der Waals surface area contributed by atoms with E-state index in [0.29, 0.717) is 5.82 Å². The lowest BCUT2D eigenvalue weighted by Gasteiger charge is -2.05. The fourth-order valence-corrected chi connectivity index (χ4v) is 2.01. The van der Waals surface area contributed by atoms with Crippen molar-refractivity contribution in [3.05, 3.63) is 60.4 Å². The Balaban J connectivity index is 2.35. The minimum Gasteiger partial charge on any atom is -0.477 e.